The van der Waals surface area contributed by atoms with Gasteiger partial charge in [0, 0.05) is 12.7 Å². The summed E-state index contributed by atoms with van der Waals surface area (Å²) in [6, 6.07) is 8.48. The van der Waals surface area contributed by atoms with E-state index in [0.717, 1.165) is 6.42 Å². The molecule has 0 spiro atoms. The van der Waals surface area contributed by atoms with Crippen LogP contribution in [0.5, 0.6) is 0 Å². The molecule has 0 heterocycles. The molecule has 0 aromatic heterocycles. The molecule has 0 saturated carbocycles. The van der Waals surface area contributed by atoms with E-state index in [4.69, 9.17) is 0 Å². The molecule has 0 radical (unpaired) electrons. The van der Waals surface area contributed by atoms with E-state index in [1.54, 1.807) is 0 Å². The first-order valence-corrected chi connectivity index (χ1v) is 3.63. The van der Waals surface area contributed by atoms with Gasteiger partial charge in [-0.1, -0.05) is 19.1 Å². The molecule has 0 bridgehead atoms. The zero-order valence-corrected chi connectivity index (χ0v) is 6.52. The van der Waals surface area contributed by atoms with Crippen LogP contribution in [0.3, 0.4) is 0 Å². The molecule has 1 N–H and O–H groups in total. The zero-order valence-electron chi connectivity index (χ0n) is 6.52. The van der Waals surface area contributed by atoms with Crippen LogP contribution >= 0.6 is 0 Å². The smallest absolute Gasteiger partial charge is 0.0337 e. The van der Waals surface area contributed by atoms with Crippen LogP contribution in [-0.4, -0.2) is 7.05 Å². The van der Waals surface area contributed by atoms with Gasteiger partial charge >= 0.3 is 0 Å². The van der Waals surface area contributed by atoms with Crippen LogP contribution in [0.25, 0.3) is 0 Å². The molecule has 1 nitrogen and oxygen atoms in total. The SMILES string of the molecule is CCc1ccc(NC)cc1. The fourth-order valence-electron chi connectivity index (χ4n) is 0.907. The van der Waals surface area contributed by atoms with Crippen molar-refractivity contribution in [2.24, 2.45) is 0 Å². The van der Waals surface area contributed by atoms with Crippen molar-refractivity contribution in [1.29, 1.82) is 0 Å². The number of rotatable bonds is 2. The van der Waals surface area contributed by atoms with Gasteiger partial charge in [-0.3, -0.25) is 0 Å². The molecule has 54 valence electrons. The first-order valence-electron chi connectivity index (χ1n) is 3.63. The highest BCUT2D eigenvalue weighted by molar-refractivity contribution is 5.43. The van der Waals surface area contributed by atoms with Gasteiger partial charge in [0.05, 0.1) is 0 Å². The molecule has 1 heteroatoms. The molecule has 0 aliphatic rings. The van der Waals surface area contributed by atoms with Crippen LogP contribution in [-0.2, 0) is 6.42 Å². The summed E-state index contributed by atoms with van der Waals surface area (Å²) in [5, 5.41) is 3.08. The van der Waals surface area contributed by atoms with Gasteiger partial charge in [-0.25, -0.2) is 0 Å². The van der Waals surface area contributed by atoms with Crippen LogP contribution in [0, 0.1) is 0 Å². The Hall–Kier alpha value is -0.980. The van der Waals surface area contributed by atoms with Crippen molar-refractivity contribution in [3.05, 3.63) is 29.8 Å². The minimum Gasteiger partial charge on any atom is -0.388 e. The second-order valence-electron chi connectivity index (χ2n) is 2.30. The summed E-state index contributed by atoms with van der Waals surface area (Å²) in [5.74, 6) is 0. The van der Waals surface area contributed by atoms with Crippen LogP contribution in [0.4, 0.5) is 5.69 Å². The number of hydrogen-bond donors (Lipinski definition) is 1. The molecular formula is C9H13N. The monoisotopic (exact) mass is 135 g/mol. The standard InChI is InChI=1S/C9H13N/c1-3-8-4-6-9(10-2)7-5-8/h4-7,10H,3H2,1-2H3. The topological polar surface area (TPSA) is 12.0 Å². The summed E-state index contributed by atoms with van der Waals surface area (Å²) in [7, 11) is 1.93. The van der Waals surface area contributed by atoms with Crippen molar-refractivity contribution in [2.75, 3.05) is 12.4 Å². The fraction of sp³-hybridized carbons (Fsp3) is 0.333. The highest BCUT2D eigenvalue weighted by Crippen LogP contribution is 2.08. The van der Waals surface area contributed by atoms with E-state index in [1.165, 1.54) is 11.3 Å². The average Bonchev–Trinajstić information content (AvgIpc) is 2.05. The Labute approximate surface area is 62.1 Å². The predicted molar refractivity (Wildman–Crippen MR) is 45.4 cm³/mol. The van der Waals surface area contributed by atoms with E-state index in [-0.39, 0.29) is 0 Å². The first kappa shape index (κ1) is 7.13. The van der Waals surface area contributed by atoms with E-state index in [2.05, 4.69) is 36.5 Å². The molecule has 0 fully saturated rings. The summed E-state index contributed by atoms with van der Waals surface area (Å²) >= 11 is 0. The lowest BCUT2D eigenvalue weighted by Crippen LogP contribution is -1.87. The lowest BCUT2D eigenvalue weighted by atomic mass is 10.1. The summed E-state index contributed by atoms with van der Waals surface area (Å²) < 4.78 is 0. The predicted octanol–water partition coefficient (Wildman–Crippen LogP) is 2.29. The van der Waals surface area contributed by atoms with Gasteiger partial charge in [0.25, 0.3) is 0 Å². The second kappa shape index (κ2) is 3.25. The number of nitrogens with one attached hydrogen (secondary N) is 1. The maximum absolute atomic E-state index is 3.08. The second-order valence-corrected chi connectivity index (χ2v) is 2.30. The Morgan fingerprint density at radius 3 is 2.20 bits per heavy atom. The molecule has 10 heavy (non-hydrogen) atoms. The van der Waals surface area contributed by atoms with Crippen molar-refractivity contribution >= 4 is 5.69 Å². The van der Waals surface area contributed by atoms with Crippen molar-refractivity contribution in [3.63, 3.8) is 0 Å². The highest BCUT2D eigenvalue weighted by atomic mass is 14.8. The lowest BCUT2D eigenvalue weighted by molar-refractivity contribution is 1.14. The third kappa shape index (κ3) is 1.50. The van der Waals surface area contributed by atoms with E-state index >= 15 is 0 Å². The van der Waals surface area contributed by atoms with Crippen LogP contribution < -0.4 is 5.32 Å². The van der Waals surface area contributed by atoms with Crippen molar-refractivity contribution in [1.82, 2.24) is 0 Å². The number of hydrogen-bond acceptors (Lipinski definition) is 1. The fourth-order valence-corrected chi connectivity index (χ4v) is 0.907. The highest BCUT2D eigenvalue weighted by Gasteiger charge is 1.87. The molecule has 0 aliphatic carbocycles. The summed E-state index contributed by atoms with van der Waals surface area (Å²) in [6.45, 7) is 2.16. The normalized spacial score (nSPS) is 9.40. The van der Waals surface area contributed by atoms with Crippen LogP contribution in [0.2, 0.25) is 0 Å². The van der Waals surface area contributed by atoms with Crippen molar-refractivity contribution in [3.8, 4) is 0 Å². The minimum atomic E-state index is 1.12. The molecule has 0 saturated heterocycles. The third-order valence-electron chi connectivity index (χ3n) is 1.65. The Morgan fingerprint density at radius 1 is 1.20 bits per heavy atom. The lowest BCUT2D eigenvalue weighted by Gasteiger charge is -1.99. The van der Waals surface area contributed by atoms with Gasteiger partial charge in [-0.15, -0.1) is 0 Å². The summed E-state index contributed by atoms with van der Waals surface area (Å²) in [6.07, 6.45) is 1.12. The minimum absolute atomic E-state index is 1.12. The molecule has 0 unspecified atom stereocenters. The average molecular weight is 135 g/mol. The molecule has 0 amide bonds. The van der Waals surface area contributed by atoms with E-state index in [0.29, 0.717) is 0 Å². The first-order chi connectivity index (χ1) is 4.86. The van der Waals surface area contributed by atoms with Gasteiger partial charge in [0.1, 0.15) is 0 Å². The summed E-state index contributed by atoms with van der Waals surface area (Å²) in [5.41, 5.74) is 2.57. The third-order valence-corrected chi connectivity index (χ3v) is 1.65. The van der Waals surface area contributed by atoms with Crippen LogP contribution in [0.15, 0.2) is 24.3 Å². The van der Waals surface area contributed by atoms with Gasteiger partial charge in [-0.2, -0.15) is 0 Å². The van der Waals surface area contributed by atoms with Gasteiger partial charge in [-0.05, 0) is 24.1 Å². The van der Waals surface area contributed by atoms with Gasteiger partial charge in [0.15, 0.2) is 0 Å². The zero-order chi connectivity index (χ0) is 7.40. The Morgan fingerprint density at radius 2 is 1.80 bits per heavy atom. The maximum Gasteiger partial charge on any atom is 0.0337 e. The Balaban J connectivity index is 2.80. The molecule has 0 aliphatic heterocycles. The molecule has 1 aromatic carbocycles. The quantitative estimate of drug-likeness (QED) is 0.656. The number of aryl methyl sites for hydroxylation is 1. The Bertz CT molecular complexity index is 165. The van der Waals surface area contributed by atoms with E-state index < -0.39 is 0 Å². The van der Waals surface area contributed by atoms with E-state index in [9.17, 15) is 0 Å². The summed E-state index contributed by atoms with van der Waals surface area (Å²) in [4.78, 5) is 0. The van der Waals surface area contributed by atoms with Gasteiger partial charge < -0.3 is 5.32 Å². The van der Waals surface area contributed by atoms with E-state index in [1.807, 2.05) is 7.05 Å². The van der Waals surface area contributed by atoms with Gasteiger partial charge in [0.2, 0.25) is 0 Å². The largest absolute Gasteiger partial charge is 0.388 e. The number of anilines is 1. The maximum atomic E-state index is 3.08. The molecule has 1 rings (SSSR count). The molecule has 0 atom stereocenters. The molecular weight excluding hydrogens is 122 g/mol. The molecule has 1 aromatic rings. The number of benzene rings is 1. The van der Waals surface area contributed by atoms with Crippen molar-refractivity contribution in [2.45, 2.75) is 13.3 Å². The van der Waals surface area contributed by atoms with Crippen LogP contribution in [0.1, 0.15) is 12.5 Å². The Kier molecular flexibility index (Phi) is 2.32. The van der Waals surface area contributed by atoms with Crippen molar-refractivity contribution < 1.29 is 0 Å².